The fourth-order valence-electron chi connectivity index (χ4n) is 3.31. The maximum absolute atomic E-state index is 3.69. The van der Waals surface area contributed by atoms with Gasteiger partial charge in [-0.25, -0.2) is 0 Å². The minimum absolute atomic E-state index is 0.454. The topological polar surface area (TPSA) is 15.3 Å². The normalized spacial score (nSPS) is 37.5. The molecule has 0 amide bonds. The molecule has 2 fully saturated rings. The van der Waals surface area contributed by atoms with E-state index in [0.29, 0.717) is 11.5 Å². The Hall–Kier alpha value is -0.0800. The van der Waals surface area contributed by atoms with Crippen molar-refractivity contribution in [1.82, 2.24) is 10.2 Å². The standard InChI is InChI=1S/C12H24N2/c1-9(2)14-7-5-6-10-11(14)12(3,4)8-13-10/h9-11,13H,5-8H2,1-4H3. The average molecular weight is 196 g/mol. The smallest absolute Gasteiger partial charge is 0.0315 e. The van der Waals surface area contributed by atoms with Gasteiger partial charge in [0.2, 0.25) is 0 Å². The summed E-state index contributed by atoms with van der Waals surface area (Å²) in [5.41, 5.74) is 0.454. The maximum atomic E-state index is 3.69. The van der Waals surface area contributed by atoms with Crippen molar-refractivity contribution in [3.63, 3.8) is 0 Å². The van der Waals surface area contributed by atoms with Crippen molar-refractivity contribution in [3.05, 3.63) is 0 Å². The van der Waals surface area contributed by atoms with E-state index in [-0.39, 0.29) is 0 Å². The van der Waals surface area contributed by atoms with Crippen LogP contribution >= 0.6 is 0 Å². The summed E-state index contributed by atoms with van der Waals surface area (Å²) in [4.78, 5) is 2.70. The van der Waals surface area contributed by atoms with Gasteiger partial charge < -0.3 is 5.32 Å². The predicted molar refractivity (Wildman–Crippen MR) is 60.4 cm³/mol. The zero-order valence-electron chi connectivity index (χ0n) is 10.0. The van der Waals surface area contributed by atoms with Gasteiger partial charge >= 0.3 is 0 Å². The van der Waals surface area contributed by atoms with E-state index >= 15 is 0 Å². The molecule has 0 aromatic heterocycles. The summed E-state index contributed by atoms with van der Waals surface area (Å²) in [5, 5.41) is 3.69. The molecule has 14 heavy (non-hydrogen) atoms. The van der Waals surface area contributed by atoms with E-state index in [1.165, 1.54) is 25.9 Å². The molecule has 0 aromatic carbocycles. The van der Waals surface area contributed by atoms with E-state index in [0.717, 1.165) is 12.1 Å². The van der Waals surface area contributed by atoms with Gasteiger partial charge in [0, 0.05) is 24.7 Å². The van der Waals surface area contributed by atoms with Crippen LogP contribution in [0.3, 0.4) is 0 Å². The molecule has 0 saturated carbocycles. The fraction of sp³-hybridized carbons (Fsp3) is 1.00. The van der Waals surface area contributed by atoms with Crippen molar-refractivity contribution in [3.8, 4) is 0 Å². The molecule has 2 heteroatoms. The van der Waals surface area contributed by atoms with E-state index < -0.39 is 0 Å². The van der Waals surface area contributed by atoms with Crippen LogP contribution in [0.25, 0.3) is 0 Å². The number of likely N-dealkylation sites (tertiary alicyclic amines) is 1. The lowest BCUT2D eigenvalue weighted by Gasteiger charge is -2.45. The van der Waals surface area contributed by atoms with Crippen molar-refractivity contribution in [2.45, 2.75) is 58.7 Å². The van der Waals surface area contributed by atoms with Crippen LogP contribution < -0.4 is 5.32 Å². The lowest BCUT2D eigenvalue weighted by Crippen LogP contribution is -2.55. The highest BCUT2D eigenvalue weighted by Gasteiger charge is 2.46. The van der Waals surface area contributed by atoms with Gasteiger partial charge in [0.05, 0.1) is 0 Å². The first-order valence-corrected chi connectivity index (χ1v) is 6.01. The monoisotopic (exact) mass is 196 g/mol. The third kappa shape index (κ3) is 1.59. The van der Waals surface area contributed by atoms with Gasteiger partial charge in [-0.2, -0.15) is 0 Å². The number of fused-ring (bicyclic) bond motifs is 1. The van der Waals surface area contributed by atoms with Crippen LogP contribution in [0.15, 0.2) is 0 Å². The van der Waals surface area contributed by atoms with Crippen LogP contribution in [-0.2, 0) is 0 Å². The molecule has 2 nitrogen and oxygen atoms in total. The maximum Gasteiger partial charge on any atom is 0.0315 e. The van der Waals surface area contributed by atoms with E-state index in [1.54, 1.807) is 0 Å². The Morgan fingerprint density at radius 1 is 1.36 bits per heavy atom. The Morgan fingerprint density at radius 3 is 2.71 bits per heavy atom. The van der Waals surface area contributed by atoms with E-state index in [9.17, 15) is 0 Å². The average Bonchev–Trinajstić information content (AvgIpc) is 2.43. The van der Waals surface area contributed by atoms with Gasteiger partial charge in [0.25, 0.3) is 0 Å². The molecule has 0 radical (unpaired) electrons. The molecule has 82 valence electrons. The number of nitrogens with zero attached hydrogens (tertiary/aromatic N) is 1. The molecule has 2 rings (SSSR count). The first-order chi connectivity index (χ1) is 6.52. The zero-order valence-corrected chi connectivity index (χ0v) is 10.0. The molecular weight excluding hydrogens is 172 g/mol. The van der Waals surface area contributed by atoms with Crippen LogP contribution in [0, 0.1) is 5.41 Å². The Bertz CT molecular complexity index is 210. The zero-order chi connectivity index (χ0) is 10.3. The molecule has 0 aliphatic carbocycles. The lowest BCUT2D eigenvalue weighted by atomic mass is 9.80. The molecule has 2 atom stereocenters. The van der Waals surface area contributed by atoms with Gasteiger partial charge in [-0.3, -0.25) is 4.90 Å². The van der Waals surface area contributed by atoms with Crippen molar-refractivity contribution in [2.75, 3.05) is 13.1 Å². The molecular formula is C12H24N2. The first-order valence-electron chi connectivity index (χ1n) is 6.01. The quantitative estimate of drug-likeness (QED) is 0.688. The Kier molecular flexibility index (Phi) is 2.61. The van der Waals surface area contributed by atoms with Crippen LogP contribution in [0.5, 0.6) is 0 Å². The number of hydrogen-bond donors (Lipinski definition) is 1. The van der Waals surface area contributed by atoms with Crippen LogP contribution in [0.1, 0.15) is 40.5 Å². The molecule has 0 bridgehead atoms. The summed E-state index contributed by atoms with van der Waals surface area (Å²) in [5.74, 6) is 0. The van der Waals surface area contributed by atoms with Gasteiger partial charge in [-0.15, -0.1) is 0 Å². The second-order valence-electron chi connectivity index (χ2n) is 5.89. The van der Waals surface area contributed by atoms with Gasteiger partial charge in [-0.05, 0) is 38.6 Å². The number of piperidine rings is 1. The van der Waals surface area contributed by atoms with Crippen molar-refractivity contribution < 1.29 is 0 Å². The number of nitrogens with one attached hydrogen (secondary N) is 1. The van der Waals surface area contributed by atoms with Gasteiger partial charge in [0.1, 0.15) is 0 Å². The summed E-state index contributed by atoms with van der Waals surface area (Å²) < 4.78 is 0. The fourth-order valence-corrected chi connectivity index (χ4v) is 3.31. The molecule has 2 saturated heterocycles. The molecule has 2 aliphatic rings. The first kappa shape index (κ1) is 10.4. The van der Waals surface area contributed by atoms with Crippen molar-refractivity contribution in [2.24, 2.45) is 5.41 Å². The Balaban J connectivity index is 2.19. The molecule has 0 aromatic rings. The van der Waals surface area contributed by atoms with Gasteiger partial charge in [-0.1, -0.05) is 13.8 Å². The number of hydrogen-bond acceptors (Lipinski definition) is 2. The van der Waals surface area contributed by atoms with Crippen LogP contribution in [0.2, 0.25) is 0 Å². The summed E-state index contributed by atoms with van der Waals surface area (Å²) in [6.45, 7) is 12.0. The number of rotatable bonds is 1. The predicted octanol–water partition coefficient (Wildman–Crippen LogP) is 1.86. The summed E-state index contributed by atoms with van der Waals surface area (Å²) in [6, 6.07) is 2.21. The Morgan fingerprint density at radius 2 is 2.07 bits per heavy atom. The van der Waals surface area contributed by atoms with E-state index in [1.807, 2.05) is 0 Å². The molecule has 0 spiro atoms. The summed E-state index contributed by atoms with van der Waals surface area (Å²) >= 11 is 0. The van der Waals surface area contributed by atoms with E-state index in [4.69, 9.17) is 0 Å². The third-order valence-corrected chi connectivity index (χ3v) is 3.95. The van der Waals surface area contributed by atoms with Crippen LogP contribution in [0.4, 0.5) is 0 Å². The lowest BCUT2D eigenvalue weighted by molar-refractivity contribution is 0.0496. The molecule has 2 unspecified atom stereocenters. The highest BCUT2D eigenvalue weighted by Crippen LogP contribution is 2.37. The minimum Gasteiger partial charge on any atom is -0.312 e. The second-order valence-corrected chi connectivity index (χ2v) is 5.89. The highest BCUT2D eigenvalue weighted by atomic mass is 15.3. The summed E-state index contributed by atoms with van der Waals surface area (Å²) in [7, 11) is 0. The van der Waals surface area contributed by atoms with Gasteiger partial charge in [0.15, 0.2) is 0 Å². The SMILES string of the molecule is CC(C)N1CCCC2NCC(C)(C)C21. The largest absolute Gasteiger partial charge is 0.312 e. The van der Waals surface area contributed by atoms with Crippen molar-refractivity contribution >= 4 is 0 Å². The van der Waals surface area contributed by atoms with Crippen LogP contribution in [-0.4, -0.2) is 36.1 Å². The second kappa shape index (κ2) is 3.49. The third-order valence-electron chi connectivity index (χ3n) is 3.95. The summed E-state index contributed by atoms with van der Waals surface area (Å²) in [6.07, 6.45) is 2.74. The Labute approximate surface area is 88.1 Å². The molecule has 1 N–H and O–H groups in total. The molecule has 2 aliphatic heterocycles. The van der Waals surface area contributed by atoms with E-state index in [2.05, 4.69) is 37.9 Å². The van der Waals surface area contributed by atoms with Crippen molar-refractivity contribution in [1.29, 1.82) is 0 Å². The highest BCUT2D eigenvalue weighted by molar-refractivity contribution is 5.04. The minimum atomic E-state index is 0.454. The molecule has 2 heterocycles.